The standard InChI is InChI=1S/C13H21OP/c1-3-15(4-2)14-12-8-11-13-9-6-5-7-10-13/h5-7,9-10H,3-4,8,11-12H2,1-2H3. The molecule has 0 atom stereocenters. The van der Waals surface area contributed by atoms with Crippen LogP contribution in [0.4, 0.5) is 0 Å². The number of aryl methyl sites for hydroxylation is 1. The molecule has 0 fully saturated rings. The molecule has 0 spiro atoms. The van der Waals surface area contributed by atoms with Gasteiger partial charge in [0.1, 0.15) is 0 Å². The summed E-state index contributed by atoms with van der Waals surface area (Å²) in [7, 11) is -0.137. The molecule has 0 bridgehead atoms. The Bertz CT molecular complexity index is 244. The van der Waals surface area contributed by atoms with Gasteiger partial charge in [-0.1, -0.05) is 44.2 Å². The average Bonchev–Trinajstić information content (AvgIpc) is 2.31. The van der Waals surface area contributed by atoms with Crippen molar-refractivity contribution in [2.45, 2.75) is 26.7 Å². The average molecular weight is 224 g/mol. The Morgan fingerprint density at radius 3 is 2.33 bits per heavy atom. The molecule has 1 aromatic carbocycles. The van der Waals surface area contributed by atoms with Crippen molar-refractivity contribution in [1.82, 2.24) is 0 Å². The first kappa shape index (κ1) is 12.7. The van der Waals surface area contributed by atoms with Crippen molar-refractivity contribution in [3.05, 3.63) is 35.9 Å². The molecule has 1 rings (SSSR count). The molecule has 15 heavy (non-hydrogen) atoms. The highest BCUT2D eigenvalue weighted by molar-refractivity contribution is 7.52. The first-order chi connectivity index (χ1) is 7.36. The Kier molecular flexibility index (Phi) is 6.63. The first-order valence-electron chi connectivity index (χ1n) is 5.78. The van der Waals surface area contributed by atoms with Gasteiger partial charge in [0.05, 0.1) is 6.61 Å². The van der Waals surface area contributed by atoms with Crippen molar-refractivity contribution in [2.75, 3.05) is 18.9 Å². The van der Waals surface area contributed by atoms with Crippen molar-refractivity contribution >= 4 is 8.15 Å². The molecule has 1 aromatic rings. The third-order valence-corrected chi connectivity index (χ3v) is 4.39. The molecule has 0 saturated carbocycles. The van der Waals surface area contributed by atoms with Crippen LogP contribution in [-0.2, 0) is 10.9 Å². The molecule has 0 aliphatic heterocycles. The Morgan fingerprint density at radius 1 is 1.07 bits per heavy atom. The minimum Gasteiger partial charge on any atom is -0.359 e. The van der Waals surface area contributed by atoms with E-state index in [-0.39, 0.29) is 8.15 Å². The topological polar surface area (TPSA) is 9.23 Å². The van der Waals surface area contributed by atoms with Crippen LogP contribution in [0.15, 0.2) is 30.3 Å². The third kappa shape index (κ3) is 5.30. The lowest BCUT2D eigenvalue weighted by Gasteiger charge is -2.13. The zero-order valence-corrected chi connectivity index (χ0v) is 10.7. The first-order valence-corrected chi connectivity index (χ1v) is 7.41. The van der Waals surface area contributed by atoms with Crippen molar-refractivity contribution in [3.8, 4) is 0 Å². The van der Waals surface area contributed by atoms with Crippen LogP contribution in [0.2, 0.25) is 0 Å². The highest BCUT2D eigenvalue weighted by Crippen LogP contribution is 2.35. The van der Waals surface area contributed by atoms with Crippen LogP contribution in [-0.4, -0.2) is 18.9 Å². The Balaban J connectivity index is 2.12. The molecule has 0 aliphatic carbocycles. The maximum atomic E-state index is 5.83. The quantitative estimate of drug-likeness (QED) is 0.501. The van der Waals surface area contributed by atoms with Crippen LogP contribution in [0.1, 0.15) is 25.8 Å². The monoisotopic (exact) mass is 224 g/mol. The molecule has 0 aliphatic rings. The van der Waals surface area contributed by atoms with Crippen molar-refractivity contribution in [2.24, 2.45) is 0 Å². The van der Waals surface area contributed by atoms with E-state index in [4.69, 9.17) is 4.52 Å². The lowest BCUT2D eigenvalue weighted by Crippen LogP contribution is -1.95. The summed E-state index contributed by atoms with van der Waals surface area (Å²) in [4.78, 5) is 0. The fraction of sp³-hybridized carbons (Fsp3) is 0.538. The molecule has 0 unspecified atom stereocenters. The van der Waals surface area contributed by atoms with Gasteiger partial charge in [-0.15, -0.1) is 0 Å². The van der Waals surface area contributed by atoms with E-state index in [0.29, 0.717) is 0 Å². The Labute approximate surface area is 94.7 Å². The van der Waals surface area contributed by atoms with Gasteiger partial charge < -0.3 is 4.52 Å². The number of hydrogen-bond donors (Lipinski definition) is 0. The second-order valence-electron chi connectivity index (χ2n) is 3.54. The predicted molar refractivity (Wildman–Crippen MR) is 68.7 cm³/mol. The summed E-state index contributed by atoms with van der Waals surface area (Å²) in [6.07, 6.45) is 4.66. The van der Waals surface area contributed by atoms with Gasteiger partial charge in [0.25, 0.3) is 0 Å². The third-order valence-electron chi connectivity index (χ3n) is 2.43. The van der Waals surface area contributed by atoms with E-state index in [0.717, 1.165) is 19.4 Å². The molecule has 0 saturated heterocycles. The highest BCUT2D eigenvalue weighted by atomic mass is 31.1. The zero-order valence-electron chi connectivity index (χ0n) is 9.78. The minimum atomic E-state index is -0.137. The maximum Gasteiger partial charge on any atom is 0.0512 e. The summed E-state index contributed by atoms with van der Waals surface area (Å²) in [5.74, 6) is 0. The summed E-state index contributed by atoms with van der Waals surface area (Å²) in [5, 5.41) is 0. The minimum absolute atomic E-state index is 0.137. The van der Waals surface area contributed by atoms with Gasteiger partial charge in [0.2, 0.25) is 0 Å². The Hall–Kier alpha value is -0.390. The molecule has 0 radical (unpaired) electrons. The van der Waals surface area contributed by atoms with Crippen LogP contribution in [0, 0.1) is 0 Å². The predicted octanol–water partition coefficient (Wildman–Crippen LogP) is 4.07. The summed E-state index contributed by atoms with van der Waals surface area (Å²) in [6, 6.07) is 10.6. The molecule has 84 valence electrons. The van der Waals surface area contributed by atoms with Crippen LogP contribution < -0.4 is 0 Å². The van der Waals surface area contributed by atoms with Crippen LogP contribution in [0.3, 0.4) is 0 Å². The normalized spacial score (nSPS) is 10.9. The molecule has 0 N–H and O–H groups in total. The van der Waals surface area contributed by atoms with Crippen molar-refractivity contribution in [1.29, 1.82) is 0 Å². The number of benzene rings is 1. The Morgan fingerprint density at radius 2 is 1.73 bits per heavy atom. The lowest BCUT2D eigenvalue weighted by atomic mass is 10.1. The van der Waals surface area contributed by atoms with Gasteiger partial charge in [0.15, 0.2) is 0 Å². The zero-order chi connectivity index (χ0) is 10.9. The summed E-state index contributed by atoms with van der Waals surface area (Å²) in [6.45, 7) is 5.35. The smallest absolute Gasteiger partial charge is 0.0512 e. The maximum absolute atomic E-state index is 5.83. The van der Waals surface area contributed by atoms with Gasteiger partial charge >= 0.3 is 0 Å². The van der Waals surface area contributed by atoms with Gasteiger partial charge in [-0.3, -0.25) is 0 Å². The molecular formula is C13H21OP. The summed E-state index contributed by atoms with van der Waals surface area (Å²) in [5.41, 5.74) is 1.42. The number of hydrogen-bond acceptors (Lipinski definition) is 1. The molecule has 0 amide bonds. The van der Waals surface area contributed by atoms with Crippen LogP contribution in [0.5, 0.6) is 0 Å². The summed E-state index contributed by atoms with van der Waals surface area (Å²) >= 11 is 0. The SMILES string of the molecule is CCP(CC)OCCCc1ccccc1. The van der Waals surface area contributed by atoms with E-state index in [1.54, 1.807) is 0 Å². The van der Waals surface area contributed by atoms with Crippen LogP contribution >= 0.6 is 8.15 Å². The van der Waals surface area contributed by atoms with Crippen molar-refractivity contribution < 1.29 is 4.52 Å². The van der Waals surface area contributed by atoms with E-state index in [1.807, 2.05) is 0 Å². The highest BCUT2D eigenvalue weighted by Gasteiger charge is 2.01. The molecule has 0 aromatic heterocycles. The second-order valence-corrected chi connectivity index (χ2v) is 6.02. The van der Waals surface area contributed by atoms with E-state index < -0.39 is 0 Å². The largest absolute Gasteiger partial charge is 0.359 e. The fourth-order valence-corrected chi connectivity index (χ4v) is 2.72. The van der Waals surface area contributed by atoms with Crippen LogP contribution in [0.25, 0.3) is 0 Å². The summed E-state index contributed by atoms with van der Waals surface area (Å²) < 4.78 is 5.83. The molecular weight excluding hydrogens is 203 g/mol. The molecule has 0 heterocycles. The van der Waals surface area contributed by atoms with E-state index >= 15 is 0 Å². The van der Waals surface area contributed by atoms with E-state index in [2.05, 4.69) is 44.2 Å². The number of rotatable bonds is 7. The second kappa shape index (κ2) is 7.84. The molecule has 1 nitrogen and oxygen atoms in total. The fourth-order valence-electron chi connectivity index (χ4n) is 1.52. The molecule has 2 heteroatoms. The van der Waals surface area contributed by atoms with Gasteiger partial charge in [-0.05, 0) is 30.7 Å². The lowest BCUT2D eigenvalue weighted by molar-refractivity contribution is 0.344. The van der Waals surface area contributed by atoms with Gasteiger partial charge in [0, 0.05) is 8.15 Å². The van der Waals surface area contributed by atoms with Gasteiger partial charge in [-0.25, -0.2) is 0 Å². The van der Waals surface area contributed by atoms with E-state index in [9.17, 15) is 0 Å². The van der Waals surface area contributed by atoms with Gasteiger partial charge in [-0.2, -0.15) is 0 Å². The van der Waals surface area contributed by atoms with E-state index in [1.165, 1.54) is 17.9 Å². The van der Waals surface area contributed by atoms with Crippen molar-refractivity contribution in [3.63, 3.8) is 0 Å².